The molecule has 0 bridgehead atoms. The van der Waals surface area contributed by atoms with Gasteiger partial charge in [-0.2, -0.15) is 0 Å². The Morgan fingerprint density at radius 1 is 0.594 bits per heavy atom. The fraction of sp³-hybridized carbons (Fsp3) is 0.385. The summed E-state index contributed by atoms with van der Waals surface area (Å²) in [6, 6.07) is 20.6. The van der Waals surface area contributed by atoms with Gasteiger partial charge in [-0.25, -0.2) is 0 Å². The van der Waals surface area contributed by atoms with Gasteiger partial charge in [0, 0.05) is 63.7 Å². The Balaban J connectivity index is 1.13. The molecule has 2 amide bonds. The summed E-state index contributed by atoms with van der Waals surface area (Å²) in [6.07, 6.45) is 0. The lowest BCUT2D eigenvalue weighted by Crippen LogP contribution is -2.50. The predicted molar refractivity (Wildman–Crippen MR) is 127 cm³/mol. The second-order valence-corrected chi connectivity index (χ2v) is 8.83. The second-order valence-electron chi connectivity index (χ2n) is 8.83. The van der Waals surface area contributed by atoms with Crippen molar-refractivity contribution in [3.05, 3.63) is 72.8 Å². The van der Waals surface area contributed by atoms with E-state index in [4.69, 9.17) is 0 Å². The van der Waals surface area contributed by atoms with Gasteiger partial charge in [-0.3, -0.25) is 9.59 Å². The monoisotopic (exact) mass is 430 g/mol. The second kappa shape index (κ2) is 8.69. The van der Waals surface area contributed by atoms with Gasteiger partial charge in [-0.05, 0) is 24.3 Å². The first-order valence-corrected chi connectivity index (χ1v) is 11.5. The summed E-state index contributed by atoms with van der Waals surface area (Å²) in [5.74, 6) is -0.524. The first-order chi connectivity index (χ1) is 15.6. The molecule has 2 saturated heterocycles. The summed E-state index contributed by atoms with van der Waals surface area (Å²) >= 11 is 0. The lowest BCUT2D eigenvalue weighted by molar-refractivity contribution is -0.138. The maximum absolute atomic E-state index is 13.1. The molecule has 3 fully saturated rings. The van der Waals surface area contributed by atoms with Crippen LogP contribution in [0.5, 0.6) is 0 Å². The highest BCUT2D eigenvalue weighted by atomic mass is 16.2. The molecule has 0 aromatic heterocycles. The molecular formula is C26H30N4O2. The van der Waals surface area contributed by atoms with Gasteiger partial charge in [0.25, 0.3) is 0 Å². The van der Waals surface area contributed by atoms with Crippen molar-refractivity contribution in [3.8, 4) is 0 Å². The van der Waals surface area contributed by atoms with Crippen molar-refractivity contribution in [1.29, 1.82) is 0 Å². The molecule has 0 radical (unpaired) electrons. The summed E-state index contributed by atoms with van der Waals surface area (Å²) < 4.78 is 0. The normalized spacial score (nSPS) is 23.3. The summed E-state index contributed by atoms with van der Waals surface area (Å²) in [6.45, 7) is 10.1. The van der Waals surface area contributed by atoms with Crippen LogP contribution in [0.1, 0.15) is 0 Å². The quantitative estimate of drug-likeness (QED) is 0.700. The molecule has 1 saturated carbocycles. The van der Waals surface area contributed by atoms with Gasteiger partial charge < -0.3 is 19.6 Å². The third kappa shape index (κ3) is 3.97. The van der Waals surface area contributed by atoms with Crippen molar-refractivity contribution in [2.45, 2.75) is 0 Å². The van der Waals surface area contributed by atoms with Crippen LogP contribution < -0.4 is 9.80 Å². The zero-order valence-corrected chi connectivity index (χ0v) is 18.4. The molecule has 6 heteroatoms. The smallest absolute Gasteiger partial charge is 0.231 e. The van der Waals surface area contributed by atoms with E-state index in [1.807, 2.05) is 46.2 Å². The molecule has 1 aliphatic carbocycles. The number of carbonyl (C=O) groups excluding carboxylic acids is 2. The molecule has 2 aromatic carbocycles. The van der Waals surface area contributed by atoms with Crippen LogP contribution in [0.15, 0.2) is 72.8 Å². The van der Waals surface area contributed by atoms with Crippen LogP contribution in [0, 0.1) is 11.8 Å². The van der Waals surface area contributed by atoms with Crippen molar-refractivity contribution in [2.75, 3.05) is 62.2 Å². The van der Waals surface area contributed by atoms with Crippen molar-refractivity contribution < 1.29 is 9.59 Å². The molecule has 3 aliphatic rings. The molecule has 1 unspecified atom stereocenters. The molecule has 0 N–H and O–H groups in total. The van der Waals surface area contributed by atoms with Gasteiger partial charge in [0.1, 0.15) is 0 Å². The maximum atomic E-state index is 13.1. The highest BCUT2D eigenvalue weighted by Gasteiger charge is 2.55. The van der Waals surface area contributed by atoms with Crippen LogP contribution in [0.2, 0.25) is 0 Å². The number of piperazine rings is 2. The van der Waals surface area contributed by atoms with E-state index >= 15 is 0 Å². The van der Waals surface area contributed by atoms with Gasteiger partial charge in [0.15, 0.2) is 0 Å². The third-order valence-electron chi connectivity index (χ3n) is 6.98. The average Bonchev–Trinajstić information content (AvgIpc) is 3.55. The lowest BCUT2D eigenvalue weighted by atomic mass is 10.2. The standard InChI is InChI=1S/C26H30N4O2/c1-20-23(25(31)29-16-12-27(13-17-29)21-8-4-2-5-9-21)24(20)26(32)30-18-14-28(15-19-30)22-10-6-3-7-11-22/h2-11,23-24H,1,12-19H2/t23-,24?/m0/s1. The minimum atomic E-state index is -0.335. The molecule has 2 aliphatic heterocycles. The van der Waals surface area contributed by atoms with E-state index in [-0.39, 0.29) is 23.7 Å². The van der Waals surface area contributed by atoms with Gasteiger partial charge in [0.2, 0.25) is 11.8 Å². The molecule has 6 nitrogen and oxygen atoms in total. The van der Waals surface area contributed by atoms with Crippen LogP contribution in [0.4, 0.5) is 11.4 Å². The first kappa shape index (κ1) is 20.6. The Morgan fingerprint density at radius 2 is 0.938 bits per heavy atom. The number of benzene rings is 2. The molecule has 5 rings (SSSR count). The first-order valence-electron chi connectivity index (χ1n) is 11.5. The minimum absolute atomic E-state index is 0.0731. The number of hydrogen-bond acceptors (Lipinski definition) is 4. The summed E-state index contributed by atoms with van der Waals surface area (Å²) in [5.41, 5.74) is 3.17. The number of nitrogens with zero attached hydrogens (tertiary/aromatic N) is 4. The van der Waals surface area contributed by atoms with Crippen LogP contribution in [0.3, 0.4) is 0 Å². The molecule has 2 heterocycles. The number of amides is 2. The zero-order valence-electron chi connectivity index (χ0n) is 18.4. The number of anilines is 2. The Hall–Kier alpha value is -3.28. The van der Waals surface area contributed by atoms with Crippen molar-refractivity contribution in [3.63, 3.8) is 0 Å². The van der Waals surface area contributed by atoms with Crippen molar-refractivity contribution >= 4 is 23.2 Å². The van der Waals surface area contributed by atoms with Crippen LogP contribution in [0.25, 0.3) is 0 Å². The molecule has 166 valence electrons. The summed E-state index contributed by atoms with van der Waals surface area (Å²) in [5, 5.41) is 0. The van der Waals surface area contributed by atoms with E-state index < -0.39 is 0 Å². The van der Waals surface area contributed by atoms with Gasteiger partial charge >= 0.3 is 0 Å². The molecule has 0 spiro atoms. The fourth-order valence-corrected chi connectivity index (χ4v) is 4.96. The Kier molecular flexibility index (Phi) is 5.60. The Bertz CT molecular complexity index is 898. The number of para-hydroxylation sites is 2. The van der Waals surface area contributed by atoms with E-state index in [1.165, 1.54) is 11.4 Å². The topological polar surface area (TPSA) is 47.1 Å². The Morgan fingerprint density at radius 3 is 1.28 bits per heavy atom. The number of carbonyl (C=O) groups is 2. The summed E-state index contributed by atoms with van der Waals surface area (Å²) in [7, 11) is 0. The van der Waals surface area contributed by atoms with E-state index in [2.05, 4.69) is 40.6 Å². The van der Waals surface area contributed by atoms with Crippen LogP contribution in [-0.4, -0.2) is 74.0 Å². The van der Waals surface area contributed by atoms with E-state index in [1.54, 1.807) is 0 Å². The van der Waals surface area contributed by atoms with E-state index in [0.717, 1.165) is 31.8 Å². The summed E-state index contributed by atoms with van der Waals surface area (Å²) in [4.78, 5) is 34.7. The van der Waals surface area contributed by atoms with Crippen molar-refractivity contribution in [1.82, 2.24) is 9.80 Å². The largest absolute Gasteiger partial charge is 0.368 e. The molecule has 2 atom stereocenters. The number of rotatable bonds is 4. The van der Waals surface area contributed by atoms with Crippen molar-refractivity contribution in [2.24, 2.45) is 11.8 Å². The minimum Gasteiger partial charge on any atom is -0.368 e. The molecule has 2 aromatic rings. The van der Waals surface area contributed by atoms with Gasteiger partial charge in [-0.15, -0.1) is 0 Å². The SMILES string of the molecule is C=C1C(C(=O)N2CCN(c3ccccc3)CC2)[C@H]1C(=O)N1CCN(c2ccccc2)CC1. The highest BCUT2D eigenvalue weighted by Crippen LogP contribution is 2.47. The van der Waals surface area contributed by atoms with E-state index in [9.17, 15) is 9.59 Å². The highest BCUT2D eigenvalue weighted by molar-refractivity contribution is 5.99. The molecular weight excluding hydrogens is 400 g/mol. The zero-order chi connectivity index (χ0) is 22.1. The fourth-order valence-electron chi connectivity index (χ4n) is 4.96. The van der Waals surface area contributed by atoms with Gasteiger partial charge in [-0.1, -0.05) is 48.6 Å². The van der Waals surface area contributed by atoms with Gasteiger partial charge in [0.05, 0.1) is 11.8 Å². The average molecular weight is 431 g/mol. The Labute approximate surface area is 189 Å². The number of hydrogen-bond donors (Lipinski definition) is 0. The van der Waals surface area contributed by atoms with Crippen LogP contribution >= 0.6 is 0 Å². The third-order valence-corrected chi connectivity index (χ3v) is 6.98. The van der Waals surface area contributed by atoms with E-state index in [0.29, 0.717) is 26.2 Å². The molecule has 32 heavy (non-hydrogen) atoms. The lowest BCUT2D eigenvalue weighted by Gasteiger charge is -2.37. The maximum Gasteiger partial charge on any atom is 0.231 e. The van der Waals surface area contributed by atoms with Crippen LogP contribution in [-0.2, 0) is 9.59 Å². The predicted octanol–water partition coefficient (Wildman–Crippen LogP) is 2.49.